The van der Waals surface area contributed by atoms with Gasteiger partial charge in [0.25, 0.3) is 0 Å². The zero-order chi connectivity index (χ0) is 52.9. The molecule has 9 nitrogen and oxygen atoms in total. The molecule has 0 aliphatic rings. The minimum atomic E-state index is -4.47. The Morgan fingerprint density at radius 2 is 0.861 bits per heavy atom. The van der Waals surface area contributed by atoms with Gasteiger partial charge >= 0.3 is 13.8 Å². The van der Waals surface area contributed by atoms with Crippen molar-refractivity contribution in [3.05, 3.63) is 85.1 Å². The number of nitrogens with zero attached hydrogens (tertiary/aromatic N) is 1. The quantitative estimate of drug-likeness (QED) is 0.0205. The van der Waals surface area contributed by atoms with Crippen LogP contribution in [0.1, 0.15) is 245 Å². The molecule has 0 saturated heterocycles. The standard InChI is InChI=1S/C62H111N2O7P/c1-7-10-13-16-19-22-25-28-29-30-31-32-33-34-35-37-40-43-46-49-52-55-62(66)71-60(53-50-47-44-41-38-27-24-21-18-15-12-9-3)59(58-70-72(67,68)69-57-56-64(4,5)6)63-61(65)54-51-48-45-42-39-36-26-23-20-17-14-11-8-2/h19,22,28-29,31-32,34-36,39,45,48,50,53,59-60H,7-18,20-21,23-27,30,33,37-38,40-44,46-47,49,51-52,54-58H2,1-6H3,(H-,63,65,67,68)/p+1/b22-19-,29-28-,32-31-,35-34-,39-36-,48-45+,53-50-. The smallest absolute Gasteiger partial charge is 0.456 e. The summed E-state index contributed by atoms with van der Waals surface area (Å²) >= 11 is 0. The van der Waals surface area contributed by atoms with E-state index in [-0.39, 0.29) is 37.9 Å². The zero-order valence-electron chi connectivity index (χ0n) is 47.4. The third kappa shape index (κ3) is 52.1. The number of likely N-dealkylation sites (N-methyl/N-ethyl adjacent to an activating group) is 1. The Kier molecular flexibility index (Phi) is 49.6. The van der Waals surface area contributed by atoms with Gasteiger partial charge in [-0.05, 0) is 96.0 Å². The van der Waals surface area contributed by atoms with Gasteiger partial charge in [0.2, 0.25) is 5.91 Å². The van der Waals surface area contributed by atoms with E-state index in [0.29, 0.717) is 23.9 Å². The number of rotatable bonds is 52. The molecular formula is C62H112N2O7P+. The van der Waals surface area contributed by atoms with E-state index in [1.165, 1.54) is 116 Å². The fraction of sp³-hybridized carbons (Fsp3) is 0.742. The van der Waals surface area contributed by atoms with Gasteiger partial charge in [0.05, 0.1) is 33.8 Å². The molecule has 0 radical (unpaired) electrons. The summed E-state index contributed by atoms with van der Waals surface area (Å²) in [5.41, 5.74) is 0. The highest BCUT2D eigenvalue weighted by Crippen LogP contribution is 2.43. The first-order valence-corrected chi connectivity index (χ1v) is 30.9. The van der Waals surface area contributed by atoms with E-state index in [0.717, 1.165) is 83.5 Å². The topological polar surface area (TPSA) is 111 Å². The highest BCUT2D eigenvalue weighted by Gasteiger charge is 2.30. The van der Waals surface area contributed by atoms with Crippen LogP contribution < -0.4 is 5.32 Å². The van der Waals surface area contributed by atoms with Crippen LogP contribution in [0.2, 0.25) is 0 Å². The molecule has 3 atom stereocenters. The molecule has 0 aliphatic carbocycles. The first-order chi connectivity index (χ1) is 34.9. The second kappa shape index (κ2) is 51.7. The van der Waals surface area contributed by atoms with E-state index < -0.39 is 20.0 Å². The van der Waals surface area contributed by atoms with E-state index >= 15 is 0 Å². The summed E-state index contributed by atoms with van der Waals surface area (Å²) in [5, 5.41) is 3.00. The summed E-state index contributed by atoms with van der Waals surface area (Å²) in [5.74, 6) is -0.608. The van der Waals surface area contributed by atoms with Gasteiger partial charge in [0.1, 0.15) is 19.3 Å². The molecule has 0 aliphatic heterocycles. The van der Waals surface area contributed by atoms with Crippen LogP contribution in [0.15, 0.2) is 85.1 Å². The fourth-order valence-electron chi connectivity index (χ4n) is 7.97. The van der Waals surface area contributed by atoms with Crippen molar-refractivity contribution in [3.63, 3.8) is 0 Å². The number of hydrogen-bond donors (Lipinski definition) is 2. The summed E-state index contributed by atoms with van der Waals surface area (Å²) in [6.45, 7) is 6.90. The second-order valence-electron chi connectivity index (χ2n) is 20.8. The van der Waals surface area contributed by atoms with Gasteiger partial charge in [-0.3, -0.25) is 18.6 Å². The maximum absolute atomic E-state index is 13.4. The third-order valence-corrected chi connectivity index (χ3v) is 13.6. The number of phosphoric acid groups is 1. The molecule has 0 spiro atoms. The summed E-state index contributed by atoms with van der Waals surface area (Å²) in [6.07, 6.45) is 67.4. The van der Waals surface area contributed by atoms with E-state index in [9.17, 15) is 19.0 Å². The number of ether oxygens (including phenoxy) is 1. The second-order valence-corrected chi connectivity index (χ2v) is 22.3. The van der Waals surface area contributed by atoms with Crippen LogP contribution >= 0.6 is 7.82 Å². The Morgan fingerprint density at radius 3 is 1.32 bits per heavy atom. The molecule has 416 valence electrons. The maximum atomic E-state index is 13.4. The van der Waals surface area contributed by atoms with Gasteiger partial charge in [-0.25, -0.2) is 4.57 Å². The van der Waals surface area contributed by atoms with Gasteiger partial charge in [0, 0.05) is 12.8 Å². The molecule has 2 N–H and O–H groups in total. The van der Waals surface area contributed by atoms with Crippen molar-refractivity contribution >= 4 is 19.7 Å². The summed E-state index contributed by atoms with van der Waals surface area (Å²) in [6, 6.07) is -0.889. The molecule has 1 amide bonds. The highest BCUT2D eigenvalue weighted by atomic mass is 31.2. The Hall–Kier alpha value is -2.81. The Morgan fingerprint density at radius 1 is 0.486 bits per heavy atom. The average molecular weight is 1030 g/mol. The molecule has 3 unspecified atom stereocenters. The van der Waals surface area contributed by atoms with Crippen LogP contribution in [0.3, 0.4) is 0 Å². The van der Waals surface area contributed by atoms with Gasteiger partial charge in [-0.2, -0.15) is 0 Å². The number of quaternary nitrogens is 1. The molecule has 0 aromatic rings. The van der Waals surface area contributed by atoms with Crippen molar-refractivity contribution in [2.45, 2.75) is 258 Å². The monoisotopic (exact) mass is 1030 g/mol. The molecule has 0 bridgehead atoms. The number of carbonyl (C=O) groups excluding carboxylic acids is 2. The first kappa shape index (κ1) is 69.2. The minimum Gasteiger partial charge on any atom is -0.456 e. The molecule has 0 aromatic heterocycles. The number of hydrogen-bond acceptors (Lipinski definition) is 6. The van der Waals surface area contributed by atoms with Crippen LogP contribution in [-0.4, -0.2) is 74.3 Å². The van der Waals surface area contributed by atoms with Gasteiger partial charge in [-0.1, -0.05) is 222 Å². The molecule has 0 heterocycles. The molecule has 0 rings (SSSR count). The van der Waals surface area contributed by atoms with E-state index in [4.69, 9.17) is 13.8 Å². The van der Waals surface area contributed by atoms with Crippen molar-refractivity contribution in [3.8, 4) is 0 Å². The molecule has 10 heteroatoms. The predicted molar refractivity (Wildman–Crippen MR) is 309 cm³/mol. The Labute approximate surface area is 444 Å². The van der Waals surface area contributed by atoms with Crippen molar-refractivity contribution in [1.29, 1.82) is 0 Å². The van der Waals surface area contributed by atoms with Crippen LogP contribution in [0.5, 0.6) is 0 Å². The molecule has 72 heavy (non-hydrogen) atoms. The van der Waals surface area contributed by atoms with Crippen molar-refractivity contribution < 1.29 is 37.3 Å². The van der Waals surface area contributed by atoms with Crippen molar-refractivity contribution in [2.75, 3.05) is 40.9 Å². The normalized spacial score (nSPS) is 14.4. The Balaban J connectivity index is 5.38. The summed E-state index contributed by atoms with van der Waals surface area (Å²) in [4.78, 5) is 37.5. The van der Waals surface area contributed by atoms with Gasteiger partial charge in [0.15, 0.2) is 0 Å². The van der Waals surface area contributed by atoms with Crippen molar-refractivity contribution in [2.24, 2.45) is 0 Å². The molecule has 0 fully saturated rings. The number of carbonyl (C=O) groups is 2. The van der Waals surface area contributed by atoms with E-state index in [2.05, 4.69) is 92.9 Å². The van der Waals surface area contributed by atoms with E-state index in [1.807, 2.05) is 39.4 Å². The molecule has 0 aromatic carbocycles. The number of unbranched alkanes of at least 4 members (excludes halogenated alkanes) is 24. The minimum absolute atomic E-state index is 0.0244. The highest BCUT2D eigenvalue weighted by molar-refractivity contribution is 7.47. The number of phosphoric ester groups is 1. The lowest BCUT2D eigenvalue weighted by atomic mass is 10.1. The van der Waals surface area contributed by atoms with Crippen LogP contribution in [-0.2, 0) is 27.9 Å². The maximum Gasteiger partial charge on any atom is 0.472 e. The number of esters is 1. The lowest BCUT2D eigenvalue weighted by molar-refractivity contribution is -0.870. The lowest BCUT2D eigenvalue weighted by Crippen LogP contribution is -2.47. The van der Waals surface area contributed by atoms with E-state index in [1.54, 1.807) is 0 Å². The average Bonchev–Trinajstić information content (AvgIpc) is 3.34. The zero-order valence-corrected chi connectivity index (χ0v) is 48.3. The van der Waals surface area contributed by atoms with Crippen LogP contribution in [0.4, 0.5) is 0 Å². The van der Waals surface area contributed by atoms with Gasteiger partial charge < -0.3 is 19.4 Å². The Bertz CT molecular complexity index is 1510. The van der Waals surface area contributed by atoms with Gasteiger partial charge in [-0.15, -0.1) is 0 Å². The van der Waals surface area contributed by atoms with Crippen molar-refractivity contribution in [1.82, 2.24) is 5.32 Å². The first-order valence-electron chi connectivity index (χ1n) is 29.4. The predicted octanol–water partition coefficient (Wildman–Crippen LogP) is 17.8. The largest absolute Gasteiger partial charge is 0.472 e. The fourth-order valence-corrected chi connectivity index (χ4v) is 8.71. The third-order valence-electron chi connectivity index (χ3n) is 12.6. The van der Waals surface area contributed by atoms with Crippen LogP contribution in [0.25, 0.3) is 0 Å². The molecule has 0 saturated carbocycles. The number of amides is 1. The van der Waals surface area contributed by atoms with Crippen LogP contribution in [0, 0.1) is 0 Å². The summed E-state index contributed by atoms with van der Waals surface area (Å²) in [7, 11) is 1.44. The summed E-state index contributed by atoms with van der Waals surface area (Å²) < 4.78 is 30.5. The molecular weight excluding hydrogens is 916 g/mol. The number of allylic oxidation sites excluding steroid dienone is 13. The lowest BCUT2D eigenvalue weighted by Gasteiger charge is -2.27. The SMILES string of the molecule is CCCCC/C=C\C/C=C\C/C=C\C/C=C\CCCCCCCC(=O)OC(/C=C\CCCCCCCCCCCC)C(COP(=O)(O)OCC[N+](C)(C)C)NC(=O)CC/C=C/C/C=C\CCCCCCCC. The number of nitrogens with one attached hydrogen (secondary N) is 1.